The Morgan fingerprint density at radius 1 is 1.00 bits per heavy atom. The van der Waals surface area contributed by atoms with E-state index in [0.29, 0.717) is 5.56 Å². The maximum Gasteiger partial charge on any atom is 0.321 e. The molecule has 0 aliphatic heterocycles. The van der Waals surface area contributed by atoms with Gasteiger partial charge >= 0.3 is 5.97 Å². The van der Waals surface area contributed by atoms with E-state index in [1.165, 1.54) is 0 Å². The Hall–Kier alpha value is -2.46. The van der Waals surface area contributed by atoms with Crippen LogP contribution in [0.3, 0.4) is 0 Å². The van der Waals surface area contributed by atoms with Crippen LogP contribution in [-0.2, 0) is 15.5 Å². The topological polar surface area (TPSA) is 86.6 Å². The van der Waals surface area contributed by atoms with Crippen molar-refractivity contribution >= 4 is 24.3 Å². The van der Waals surface area contributed by atoms with Crippen LogP contribution in [-0.4, -0.2) is 22.0 Å². The Bertz CT molecular complexity index is 1010. The lowest BCUT2D eigenvalue weighted by molar-refractivity contribution is -0.139. The molecule has 28 heavy (non-hydrogen) atoms. The molecule has 3 N–H and O–H groups in total. The van der Waals surface area contributed by atoms with E-state index in [2.05, 4.69) is 5.09 Å². The highest BCUT2D eigenvalue weighted by Crippen LogP contribution is 2.41. The van der Waals surface area contributed by atoms with Gasteiger partial charge in [0.1, 0.15) is 6.04 Å². The molecule has 3 unspecified atom stereocenters. The molecule has 0 aliphatic carbocycles. The van der Waals surface area contributed by atoms with Gasteiger partial charge in [-0.2, -0.15) is 0 Å². The maximum atomic E-state index is 12.6. The molecule has 0 fully saturated rings. The first kappa shape index (κ1) is 20.3. The monoisotopic (exact) mass is 397 g/mol. The van der Waals surface area contributed by atoms with Crippen LogP contribution in [0.4, 0.5) is 0 Å². The van der Waals surface area contributed by atoms with Crippen molar-refractivity contribution in [3.8, 4) is 0 Å². The van der Waals surface area contributed by atoms with Crippen LogP contribution in [0.2, 0.25) is 0 Å². The molecule has 0 amide bonds. The lowest BCUT2D eigenvalue weighted by Crippen LogP contribution is -2.36. The zero-order valence-corrected chi connectivity index (χ0v) is 16.5. The highest BCUT2D eigenvalue weighted by Gasteiger charge is 2.29. The number of nitrogens with one attached hydrogen (secondary N) is 1. The van der Waals surface area contributed by atoms with Crippen molar-refractivity contribution in [3.63, 3.8) is 0 Å². The number of carboxylic acids is 1. The van der Waals surface area contributed by atoms with Crippen LogP contribution in [0.1, 0.15) is 30.4 Å². The van der Waals surface area contributed by atoms with E-state index in [1.54, 1.807) is 24.3 Å². The molecule has 0 aromatic heterocycles. The third-order valence-electron chi connectivity index (χ3n) is 4.83. The molecule has 0 saturated carbocycles. The number of carbonyl (C=O) groups is 1. The number of hydrogen-bond acceptors (Lipinski definition) is 2. The zero-order chi connectivity index (χ0) is 20.1. The minimum atomic E-state index is -3.84. The van der Waals surface area contributed by atoms with Gasteiger partial charge in [-0.1, -0.05) is 79.7 Å². The van der Waals surface area contributed by atoms with Gasteiger partial charge < -0.3 is 10.00 Å². The molecule has 0 heterocycles. The molecular weight excluding hydrogens is 373 g/mol. The minimum Gasteiger partial charge on any atom is -0.480 e. The van der Waals surface area contributed by atoms with E-state index in [0.717, 1.165) is 16.3 Å². The number of rotatable bonds is 8. The first-order valence-electron chi connectivity index (χ1n) is 9.19. The Morgan fingerprint density at radius 2 is 1.64 bits per heavy atom. The van der Waals surface area contributed by atoms with E-state index in [-0.39, 0.29) is 18.5 Å². The summed E-state index contributed by atoms with van der Waals surface area (Å²) in [6.45, 7) is 1.93. The lowest BCUT2D eigenvalue weighted by Gasteiger charge is -2.22. The Balaban J connectivity index is 1.72. The molecule has 0 bridgehead atoms. The molecule has 3 aromatic carbocycles. The van der Waals surface area contributed by atoms with Crippen LogP contribution in [0.5, 0.6) is 0 Å². The summed E-state index contributed by atoms with van der Waals surface area (Å²) in [5, 5.41) is 14.3. The van der Waals surface area contributed by atoms with Gasteiger partial charge in [-0.3, -0.25) is 9.36 Å². The van der Waals surface area contributed by atoms with Crippen molar-refractivity contribution < 1.29 is 19.4 Å². The Labute approximate surface area is 164 Å². The van der Waals surface area contributed by atoms with E-state index in [4.69, 9.17) is 0 Å². The van der Waals surface area contributed by atoms with Crippen LogP contribution >= 0.6 is 7.52 Å². The Morgan fingerprint density at radius 3 is 2.32 bits per heavy atom. The summed E-state index contributed by atoms with van der Waals surface area (Å²) < 4.78 is 12.6. The normalized spacial score (nSPS) is 15.6. The smallest absolute Gasteiger partial charge is 0.321 e. The van der Waals surface area contributed by atoms with Crippen molar-refractivity contribution in [2.75, 3.05) is 0 Å². The van der Waals surface area contributed by atoms with E-state index < -0.39 is 19.5 Å². The Kier molecular flexibility index (Phi) is 6.30. The molecule has 3 atom stereocenters. The van der Waals surface area contributed by atoms with Gasteiger partial charge in [0.2, 0.25) is 0 Å². The van der Waals surface area contributed by atoms with Gasteiger partial charge in [0, 0.05) is 0 Å². The first-order valence-corrected chi connectivity index (χ1v) is 11.0. The third-order valence-corrected chi connectivity index (χ3v) is 6.34. The van der Waals surface area contributed by atoms with Gasteiger partial charge in [0.05, 0.1) is 6.16 Å². The average molecular weight is 397 g/mol. The molecule has 3 rings (SSSR count). The van der Waals surface area contributed by atoms with Crippen LogP contribution in [0.25, 0.3) is 10.8 Å². The molecule has 6 heteroatoms. The summed E-state index contributed by atoms with van der Waals surface area (Å²) in [6, 6.07) is 21.8. The third kappa shape index (κ3) is 5.29. The quantitative estimate of drug-likeness (QED) is 0.477. The fourth-order valence-corrected chi connectivity index (χ4v) is 4.83. The standard InChI is InChI=1S/C22H24NO4P/c1-16(19-12-11-18-9-5-6-10-20(18)14-19)13-21(22(24)25)23-28(26,27)15-17-7-3-2-4-8-17/h2-12,14,16,21H,13,15H2,1H3,(H,24,25)(H2,23,26,27). The maximum absolute atomic E-state index is 12.6. The van der Waals surface area contributed by atoms with Gasteiger partial charge in [0.25, 0.3) is 7.52 Å². The second-order valence-corrected chi connectivity index (χ2v) is 9.09. The fraction of sp³-hybridized carbons (Fsp3) is 0.227. The van der Waals surface area contributed by atoms with Crippen molar-refractivity contribution in [2.24, 2.45) is 0 Å². The predicted molar refractivity (Wildman–Crippen MR) is 112 cm³/mol. The van der Waals surface area contributed by atoms with Crippen LogP contribution in [0, 0.1) is 0 Å². The van der Waals surface area contributed by atoms with Crippen molar-refractivity contribution in [1.29, 1.82) is 0 Å². The predicted octanol–water partition coefficient (Wildman–Crippen LogP) is 4.76. The van der Waals surface area contributed by atoms with Crippen molar-refractivity contribution in [3.05, 3.63) is 83.9 Å². The fourth-order valence-electron chi connectivity index (χ4n) is 3.33. The molecule has 5 nitrogen and oxygen atoms in total. The second kappa shape index (κ2) is 8.70. The SMILES string of the molecule is CC(CC(NP(=O)(O)Cc1ccccc1)C(=O)O)c1ccc2ccccc2c1. The van der Waals surface area contributed by atoms with Gasteiger partial charge in [-0.15, -0.1) is 0 Å². The van der Waals surface area contributed by atoms with Crippen molar-refractivity contribution in [2.45, 2.75) is 31.5 Å². The summed E-state index contributed by atoms with van der Waals surface area (Å²) in [6.07, 6.45) is 0.106. The molecule has 0 radical (unpaired) electrons. The van der Waals surface area contributed by atoms with Crippen molar-refractivity contribution in [1.82, 2.24) is 5.09 Å². The van der Waals surface area contributed by atoms with Gasteiger partial charge in [-0.05, 0) is 34.2 Å². The molecule has 146 valence electrons. The van der Waals surface area contributed by atoms with Gasteiger partial charge in [0.15, 0.2) is 0 Å². The summed E-state index contributed by atoms with van der Waals surface area (Å²) in [5.41, 5.74) is 1.69. The van der Waals surface area contributed by atoms with E-state index >= 15 is 0 Å². The summed E-state index contributed by atoms with van der Waals surface area (Å²) in [5.74, 6) is -1.22. The van der Waals surface area contributed by atoms with E-state index in [9.17, 15) is 19.4 Å². The van der Waals surface area contributed by atoms with E-state index in [1.807, 2.05) is 55.5 Å². The summed E-state index contributed by atoms with van der Waals surface area (Å²) in [4.78, 5) is 22.0. The van der Waals surface area contributed by atoms with Crippen LogP contribution < -0.4 is 5.09 Å². The average Bonchev–Trinajstić information content (AvgIpc) is 2.67. The number of benzene rings is 3. The largest absolute Gasteiger partial charge is 0.480 e. The minimum absolute atomic E-state index is 0.0880. The highest BCUT2D eigenvalue weighted by atomic mass is 31.2. The molecular formula is C22H24NO4P. The number of hydrogen-bond donors (Lipinski definition) is 3. The van der Waals surface area contributed by atoms with Crippen LogP contribution in [0.15, 0.2) is 72.8 Å². The number of carboxylic acid groups (broad SMARTS) is 1. The number of aliphatic carboxylic acids is 1. The second-order valence-electron chi connectivity index (χ2n) is 7.11. The lowest BCUT2D eigenvalue weighted by atomic mass is 9.92. The molecule has 3 aromatic rings. The molecule has 0 saturated heterocycles. The number of fused-ring (bicyclic) bond motifs is 1. The zero-order valence-electron chi connectivity index (χ0n) is 15.7. The van der Waals surface area contributed by atoms with Gasteiger partial charge in [-0.25, -0.2) is 5.09 Å². The first-order chi connectivity index (χ1) is 13.3. The summed E-state index contributed by atoms with van der Waals surface area (Å²) >= 11 is 0. The molecule has 0 aliphatic rings. The summed E-state index contributed by atoms with van der Waals surface area (Å²) in [7, 11) is -3.84. The molecule has 0 spiro atoms. The highest BCUT2D eigenvalue weighted by molar-refractivity contribution is 7.55.